The van der Waals surface area contributed by atoms with E-state index in [0.717, 1.165) is 0 Å². The number of halogens is 1. The molecule has 0 aliphatic rings. The summed E-state index contributed by atoms with van der Waals surface area (Å²) >= 11 is 3.21. The van der Waals surface area contributed by atoms with Crippen LogP contribution in [0, 0.1) is 6.92 Å². The zero-order valence-electron chi connectivity index (χ0n) is 10.1. The maximum atomic E-state index is 12.0. The number of aryl methyl sites for hydroxylation is 1. The number of hydrogen-bond donors (Lipinski definition) is 1. The summed E-state index contributed by atoms with van der Waals surface area (Å²) in [6, 6.07) is 4.92. The van der Waals surface area contributed by atoms with Crippen LogP contribution in [-0.4, -0.2) is 27.5 Å². The first-order valence-electron chi connectivity index (χ1n) is 5.28. The van der Waals surface area contributed by atoms with Crippen LogP contribution >= 0.6 is 15.9 Å². The van der Waals surface area contributed by atoms with Gasteiger partial charge in [-0.3, -0.25) is 4.79 Å². The third-order valence-electron chi connectivity index (χ3n) is 2.15. The van der Waals surface area contributed by atoms with Crippen molar-refractivity contribution in [3.05, 3.63) is 28.2 Å². The van der Waals surface area contributed by atoms with Gasteiger partial charge in [0, 0.05) is 4.47 Å². The van der Waals surface area contributed by atoms with Crippen molar-refractivity contribution in [1.29, 1.82) is 0 Å². The first-order valence-corrected chi connectivity index (χ1v) is 7.56. The molecule has 1 N–H and O–H groups in total. The monoisotopic (exact) mass is 335 g/mol. The number of carbonyl (C=O) groups is 1. The third kappa shape index (κ3) is 4.08. The van der Waals surface area contributed by atoms with Gasteiger partial charge in [0.1, 0.15) is 6.54 Å². The fourth-order valence-electron chi connectivity index (χ4n) is 1.31. The van der Waals surface area contributed by atoms with Gasteiger partial charge < -0.3 is 4.74 Å². The van der Waals surface area contributed by atoms with Crippen LogP contribution in [0.15, 0.2) is 27.6 Å². The van der Waals surface area contributed by atoms with Crippen molar-refractivity contribution in [1.82, 2.24) is 4.72 Å². The molecule has 0 saturated carbocycles. The maximum absolute atomic E-state index is 12.0. The van der Waals surface area contributed by atoms with Crippen LogP contribution in [0.4, 0.5) is 0 Å². The van der Waals surface area contributed by atoms with E-state index in [0.29, 0.717) is 10.0 Å². The van der Waals surface area contributed by atoms with E-state index in [9.17, 15) is 13.2 Å². The molecule has 0 radical (unpaired) electrons. The highest BCUT2D eigenvalue weighted by molar-refractivity contribution is 9.10. The Kier molecular flexibility index (Phi) is 5.30. The SMILES string of the molecule is CCOC(=O)CNS(=O)(=O)c1cc(Br)ccc1C. The van der Waals surface area contributed by atoms with Crippen molar-refractivity contribution in [3.63, 3.8) is 0 Å². The number of rotatable bonds is 5. The molecule has 0 unspecified atom stereocenters. The molecular weight excluding hydrogens is 322 g/mol. The van der Waals surface area contributed by atoms with Gasteiger partial charge in [0.05, 0.1) is 11.5 Å². The first kappa shape index (κ1) is 15.1. The zero-order valence-corrected chi connectivity index (χ0v) is 12.5. The van der Waals surface area contributed by atoms with Crippen LogP contribution in [0.25, 0.3) is 0 Å². The highest BCUT2D eigenvalue weighted by Gasteiger charge is 2.18. The number of ether oxygens (including phenoxy) is 1. The Labute approximate surface area is 115 Å². The molecule has 0 aliphatic carbocycles. The smallest absolute Gasteiger partial charge is 0.321 e. The summed E-state index contributed by atoms with van der Waals surface area (Å²) in [6.07, 6.45) is 0. The van der Waals surface area contributed by atoms with Gasteiger partial charge in [0.2, 0.25) is 10.0 Å². The highest BCUT2D eigenvalue weighted by atomic mass is 79.9. The van der Waals surface area contributed by atoms with Gasteiger partial charge in [0.15, 0.2) is 0 Å². The number of hydrogen-bond acceptors (Lipinski definition) is 4. The van der Waals surface area contributed by atoms with Crippen LogP contribution in [0.5, 0.6) is 0 Å². The molecular formula is C11H14BrNO4S. The summed E-state index contributed by atoms with van der Waals surface area (Å²) in [4.78, 5) is 11.3. The minimum atomic E-state index is -3.71. The summed E-state index contributed by atoms with van der Waals surface area (Å²) in [5.41, 5.74) is 0.606. The quantitative estimate of drug-likeness (QED) is 0.829. The number of benzene rings is 1. The summed E-state index contributed by atoms with van der Waals surface area (Å²) in [7, 11) is -3.71. The second-order valence-corrected chi connectivity index (χ2v) is 6.19. The van der Waals surface area contributed by atoms with E-state index in [2.05, 4.69) is 25.4 Å². The number of nitrogens with one attached hydrogen (secondary N) is 1. The van der Waals surface area contributed by atoms with Crippen LogP contribution in [0.2, 0.25) is 0 Å². The molecule has 1 aromatic rings. The van der Waals surface area contributed by atoms with Crippen molar-refractivity contribution in [2.24, 2.45) is 0 Å². The fourth-order valence-corrected chi connectivity index (χ4v) is 3.06. The van der Waals surface area contributed by atoms with E-state index in [1.807, 2.05) is 0 Å². The van der Waals surface area contributed by atoms with Crippen LogP contribution in [0.3, 0.4) is 0 Å². The fraction of sp³-hybridized carbons (Fsp3) is 0.364. The Morgan fingerprint density at radius 3 is 2.72 bits per heavy atom. The Bertz CT molecular complexity index is 542. The molecule has 1 aromatic carbocycles. The molecule has 0 spiro atoms. The lowest BCUT2D eigenvalue weighted by Gasteiger charge is -2.09. The maximum Gasteiger partial charge on any atom is 0.321 e. The lowest BCUT2D eigenvalue weighted by Crippen LogP contribution is -2.31. The van der Waals surface area contributed by atoms with Crippen molar-refractivity contribution in [3.8, 4) is 0 Å². The molecule has 0 fully saturated rings. The van der Waals surface area contributed by atoms with Gasteiger partial charge in [-0.05, 0) is 31.5 Å². The predicted octanol–water partition coefficient (Wildman–Crippen LogP) is 1.60. The van der Waals surface area contributed by atoms with Gasteiger partial charge in [-0.2, -0.15) is 4.72 Å². The lowest BCUT2D eigenvalue weighted by molar-refractivity contribution is -0.141. The molecule has 5 nitrogen and oxygen atoms in total. The predicted molar refractivity (Wildman–Crippen MR) is 70.7 cm³/mol. The molecule has 0 atom stereocenters. The van der Waals surface area contributed by atoms with Gasteiger partial charge in [-0.1, -0.05) is 22.0 Å². The largest absolute Gasteiger partial charge is 0.465 e. The topological polar surface area (TPSA) is 72.5 Å². The molecule has 1 rings (SSSR count). The van der Waals surface area contributed by atoms with Gasteiger partial charge in [0.25, 0.3) is 0 Å². The van der Waals surface area contributed by atoms with E-state index in [-0.39, 0.29) is 18.0 Å². The second kappa shape index (κ2) is 6.31. The van der Waals surface area contributed by atoms with Crippen molar-refractivity contribution < 1.29 is 17.9 Å². The minimum absolute atomic E-state index is 0.140. The summed E-state index contributed by atoms with van der Waals surface area (Å²) < 4.78 is 31.5. The molecule has 100 valence electrons. The van der Waals surface area contributed by atoms with Crippen LogP contribution in [0.1, 0.15) is 12.5 Å². The van der Waals surface area contributed by atoms with Gasteiger partial charge >= 0.3 is 5.97 Å². The van der Waals surface area contributed by atoms with Crippen LogP contribution in [-0.2, 0) is 19.6 Å². The Hall–Kier alpha value is -0.920. The number of sulfonamides is 1. The van der Waals surface area contributed by atoms with Crippen molar-refractivity contribution in [2.75, 3.05) is 13.2 Å². The standard InChI is InChI=1S/C11H14BrNO4S/c1-3-17-11(14)7-13-18(15,16)10-6-9(12)5-4-8(10)2/h4-6,13H,3,7H2,1-2H3. The minimum Gasteiger partial charge on any atom is -0.465 e. The van der Waals surface area contributed by atoms with Crippen molar-refractivity contribution in [2.45, 2.75) is 18.7 Å². The summed E-state index contributed by atoms with van der Waals surface area (Å²) in [5.74, 6) is -0.603. The molecule has 18 heavy (non-hydrogen) atoms. The number of esters is 1. The van der Waals surface area contributed by atoms with E-state index in [4.69, 9.17) is 0 Å². The molecule has 0 saturated heterocycles. The van der Waals surface area contributed by atoms with E-state index in [1.165, 1.54) is 6.07 Å². The highest BCUT2D eigenvalue weighted by Crippen LogP contribution is 2.20. The van der Waals surface area contributed by atoms with Crippen LogP contribution < -0.4 is 4.72 Å². The van der Waals surface area contributed by atoms with E-state index < -0.39 is 16.0 Å². The first-order chi connectivity index (χ1) is 8.36. The Morgan fingerprint density at radius 1 is 1.44 bits per heavy atom. The van der Waals surface area contributed by atoms with E-state index >= 15 is 0 Å². The normalized spacial score (nSPS) is 11.3. The summed E-state index contributed by atoms with van der Waals surface area (Å²) in [5, 5.41) is 0. The molecule has 0 heterocycles. The lowest BCUT2D eigenvalue weighted by atomic mass is 10.2. The molecule has 0 aromatic heterocycles. The molecule has 0 amide bonds. The van der Waals surface area contributed by atoms with Crippen molar-refractivity contribution >= 4 is 31.9 Å². The Balaban J connectivity index is 2.87. The second-order valence-electron chi connectivity index (χ2n) is 3.54. The van der Waals surface area contributed by atoms with E-state index in [1.54, 1.807) is 26.0 Å². The number of carbonyl (C=O) groups excluding carboxylic acids is 1. The molecule has 0 aliphatic heterocycles. The van der Waals surface area contributed by atoms with Gasteiger partial charge in [-0.15, -0.1) is 0 Å². The molecule has 0 bridgehead atoms. The Morgan fingerprint density at radius 2 is 2.11 bits per heavy atom. The average molecular weight is 336 g/mol. The molecule has 7 heteroatoms. The average Bonchev–Trinajstić information content (AvgIpc) is 2.30. The summed E-state index contributed by atoms with van der Waals surface area (Å²) in [6.45, 7) is 3.19. The zero-order chi connectivity index (χ0) is 13.8. The van der Waals surface area contributed by atoms with Gasteiger partial charge in [-0.25, -0.2) is 8.42 Å². The third-order valence-corrected chi connectivity index (χ3v) is 4.19.